The highest BCUT2D eigenvalue weighted by Gasteiger charge is 2.50. The maximum Gasteiger partial charge on any atom is 0.331 e. The number of carbonyl (C=O) groups is 3. The van der Waals surface area contributed by atoms with Crippen molar-refractivity contribution in [3.63, 3.8) is 0 Å². The number of rotatable bonds is 4. The van der Waals surface area contributed by atoms with Gasteiger partial charge in [-0.2, -0.15) is 0 Å². The van der Waals surface area contributed by atoms with Crippen LogP contribution in [0, 0.1) is 18.7 Å². The van der Waals surface area contributed by atoms with Crippen molar-refractivity contribution >= 4 is 45.3 Å². The van der Waals surface area contributed by atoms with E-state index in [9.17, 15) is 23.9 Å². The second-order valence-corrected chi connectivity index (χ2v) is 11.9. The van der Waals surface area contributed by atoms with E-state index in [1.165, 1.54) is 31.9 Å². The molecule has 4 aromatic rings. The summed E-state index contributed by atoms with van der Waals surface area (Å²) >= 11 is 0. The van der Waals surface area contributed by atoms with Crippen molar-refractivity contribution in [3.8, 4) is 11.1 Å². The number of alkyl halides is 1. The molecule has 0 radical (unpaired) electrons. The summed E-state index contributed by atoms with van der Waals surface area (Å²) in [5.74, 6) is -2.41. The van der Waals surface area contributed by atoms with Gasteiger partial charge >= 0.3 is 6.03 Å². The number of halogens is 2. The molecule has 10 heteroatoms. The van der Waals surface area contributed by atoms with Crippen LogP contribution in [0.3, 0.4) is 0 Å². The number of H-pyrrole nitrogens is 1. The first-order valence-corrected chi connectivity index (χ1v) is 14.0. The number of imide groups is 1. The quantitative estimate of drug-likeness (QED) is 0.291. The molecule has 1 saturated carbocycles. The fraction of sp³-hybridized carbons (Fsp3) is 0.344. The third-order valence-corrected chi connectivity index (χ3v) is 8.88. The fourth-order valence-corrected chi connectivity index (χ4v) is 6.78. The Morgan fingerprint density at radius 3 is 2.50 bits per heavy atom. The first-order valence-electron chi connectivity index (χ1n) is 14.0. The Morgan fingerprint density at radius 1 is 1.07 bits per heavy atom. The number of nitrogens with two attached hydrogens (primary N) is 1. The number of aromatic nitrogens is 1. The summed E-state index contributed by atoms with van der Waals surface area (Å²) in [4.78, 5) is 45.0. The first kappa shape index (κ1) is 27.8. The third kappa shape index (κ3) is 3.99. The second kappa shape index (κ2) is 9.62. The maximum absolute atomic E-state index is 15.7. The van der Waals surface area contributed by atoms with Crippen LogP contribution in [-0.4, -0.2) is 52.1 Å². The van der Waals surface area contributed by atoms with Crippen LogP contribution in [0.1, 0.15) is 54.6 Å². The minimum absolute atomic E-state index is 0.0877. The number of hydrogen-bond donors (Lipinski definition) is 3. The highest BCUT2D eigenvalue weighted by atomic mass is 19.1. The smallest absolute Gasteiger partial charge is 0.331 e. The Hall–Kier alpha value is -4.31. The van der Waals surface area contributed by atoms with Gasteiger partial charge in [0, 0.05) is 23.4 Å². The van der Waals surface area contributed by atoms with Crippen LogP contribution in [0.25, 0.3) is 32.9 Å². The molecule has 6 rings (SSSR count). The molecule has 218 valence electrons. The van der Waals surface area contributed by atoms with Gasteiger partial charge in [0.25, 0.3) is 5.91 Å². The third-order valence-electron chi connectivity index (χ3n) is 8.88. The largest absolute Gasteiger partial charge is 0.386 e. The lowest BCUT2D eigenvalue weighted by molar-refractivity contribution is -0.128. The predicted octanol–water partition coefficient (Wildman–Crippen LogP) is 5.67. The summed E-state index contributed by atoms with van der Waals surface area (Å²) in [7, 11) is 1.53. The summed E-state index contributed by atoms with van der Waals surface area (Å²) in [5.41, 5.74) is 7.18. The zero-order valence-electron chi connectivity index (χ0n) is 23.8. The van der Waals surface area contributed by atoms with E-state index in [1.54, 1.807) is 37.3 Å². The van der Waals surface area contributed by atoms with E-state index < -0.39 is 47.4 Å². The highest BCUT2D eigenvalue weighted by Crippen LogP contribution is 2.43. The van der Waals surface area contributed by atoms with Crippen LogP contribution in [0.2, 0.25) is 0 Å². The standard InChI is InChI=1S/C32H32F2N4O4/c1-15-16(7-6-10-23(15)38-30(40)20-8-5-9-22(33)28(20)37(4)31(38)41)17-11-12-19(29(35)39)26-24(17)18-13-14-21(32(2,3)42)25(34)27(18)36-26/h6-7,10-14,20,22,28,36,42H,5,8-9H2,1-4H3,(H2,35,39). The lowest BCUT2D eigenvalue weighted by Crippen LogP contribution is -2.64. The Balaban J connectivity index is 1.56. The molecule has 0 spiro atoms. The van der Waals surface area contributed by atoms with Gasteiger partial charge in [0.1, 0.15) is 6.17 Å². The molecular weight excluding hydrogens is 542 g/mol. The van der Waals surface area contributed by atoms with Crippen molar-refractivity contribution in [2.75, 3.05) is 11.9 Å². The number of primary amides is 1. The number of anilines is 1. The Labute approximate surface area is 241 Å². The lowest BCUT2D eigenvalue weighted by atomic mass is 9.80. The van der Waals surface area contributed by atoms with Crippen LogP contribution >= 0.6 is 0 Å². The molecule has 42 heavy (non-hydrogen) atoms. The van der Waals surface area contributed by atoms with E-state index in [-0.39, 0.29) is 16.6 Å². The van der Waals surface area contributed by atoms with Crippen molar-refractivity contribution in [2.45, 2.75) is 57.8 Å². The summed E-state index contributed by atoms with van der Waals surface area (Å²) < 4.78 is 30.5. The first-order chi connectivity index (χ1) is 19.8. The zero-order chi connectivity index (χ0) is 30.2. The van der Waals surface area contributed by atoms with Gasteiger partial charge in [-0.3, -0.25) is 9.59 Å². The van der Waals surface area contributed by atoms with Crippen molar-refractivity contribution in [1.82, 2.24) is 9.88 Å². The minimum atomic E-state index is -1.45. The number of aromatic amines is 1. The molecule has 4 amide bonds. The number of nitrogens with zero attached hydrogens (tertiary/aromatic N) is 2. The average Bonchev–Trinajstić information content (AvgIpc) is 3.32. The van der Waals surface area contributed by atoms with Gasteiger partial charge in [0.2, 0.25) is 5.91 Å². The lowest BCUT2D eigenvalue weighted by Gasteiger charge is -2.46. The molecule has 8 nitrogen and oxygen atoms in total. The van der Waals surface area contributed by atoms with E-state index in [1.807, 2.05) is 6.07 Å². The minimum Gasteiger partial charge on any atom is -0.386 e. The van der Waals surface area contributed by atoms with E-state index in [4.69, 9.17) is 5.73 Å². The molecule has 1 aliphatic heterocycles. The Morgan fingerprint density at radius 2 is 1.81 bits per heavy atom. The molecule has 2 aliphatic rings. The number of hydrogen-bond acceptors (Lipinski definition) is 4. The Kier molecular flexibility index (Phi) is 6.38. The SMILES string of the molecule is Cc1c(-c2ccc(C(N)=O)c3[nH]c4c(F)c(C(C)(C)O)ccc4c23)cccc1N1C(=O)C2CCCC(F)C2N(C)C1=O. The van der Waals surface area contributed by atoms with Crippen LogP contribution in [0.5, 0.6) is 0 Å². The summed E-state index contributed by atoms with van der Waals surface area (Å²) in [5, 5.41) is 11.5. The number of amides is 4. The molecule has 3 atom stereocenters. The van der Waals surface area contributed by atoms with Gasteiger partial charge < -0.3 is 20.7 Å². The molecule has 2 heterocycles. The van der Waals surface area contributed by atoms with E-state index >= 15 is 4.39 Å². The molecule has 3 unspecified atom stereocenters. The number of fused-ring (bicyclic) bond motifs is 4. The fourth-order valence-electron chi connectivity index (χ4n) is 6.78. The molecule has 4 N–H and O–H groups in total. The van der Waals surface area contributed by atoms with E-state index in [0.717, 1.165) is 4.90 Å². The van der Waals surface area contributed by atoms with Crippen molar-refractivity contribution in [3.05, 3.63) is 65.0 Å². The van der Waals surface area contributed by atoms with Crippen LogP contribution in [-0.2, 0) is 10.4 Å². The van der Waals surface area contributed by atoms with Gasteiger partial charge in [-0.05, 0) is 68.9 Å². The number of aliphatic hydroxyl groups is 1. The number of carbonyl (C=O) groups excluding carboxylic acids is 3. The second-order valence-electron chi connectivity index (χ2n) is 11.9. The molecule has 0 bridgehead atoms. The summed E-state index contributed by atoms with van der Waals surface area (Å²) in [6, 6.07) is 10.3. The molecule has 3 aromatic carbocycles. The molecular formula is C32H32F2N4O4. The van der Waals surface area contributed by atoms with Gasteiger partial charge in [-0.1, -0.05) is 30.3 Å². The topological polar surface area (TPSA) is 120 Å². The van der Waals surface area contributed by atoms with Crippen LogP contribution in [0.4, 0.5) is 19.3 Å². The molecule has 1 aromatic heterocycles. The Bertz CT molecular complexity index is 1810. The van der Waals surface area contributed by atoms with Gasteiger partial charge in [0.05, 0.1) is 39.8 Å². The normalized spacial score (nSPS) is 21.4. The van der Waals surface area contributed by atoms with E-state index in [0.29, 0.717) is 57.9 Å². The average molecular weight is 575 g/mol. The van der Waals surface area contributed by atoms with Crippen LogP contribution in [0.15, 0.2) is 42.5 Å². The summed E-state index contributed by atoms with van der Waals surface area (Å²) in [6.45, 7) is 4.75. The zero-order valence-corrected chi connectivity index (χ0v) is 23.8. The molecule has 2 fully saturated rings. The predicted molar refractivity (Wildman–Crippen MR) is 156 cm³/mol. The summed E-state index contributed by atoms with van der Waals surface area (Å²) in [6.07, 6.45) is 0.131. The maximum atomic E-state index is 15.7. The highest BCUT2D eigenvalue weighted by molar-refractivity contribution is 6.21. The van der Waals surface area contributed by atoms with Gasteiger partial charge in [0.15, 0.2) is 5.82 Å². The van der Waals surface area contributed by atoms with Crippen molar-refractivity contribution in [2.24, 2.45) is 11.7 Å². The number of urea groups is 1. The van der Waals surface area contributed by atoms with Crippen molar-refractivity contribution < 1.29 is 28.3 Å². The number of benzene rings is 3. The van der Waals surface area contributed by atoms with Crippen molar-refractivity contribution in [1.29, 1.82) is 0 Å². The van der Waals surface area contributed by atoms with Gasteiger partial charge in [-0.25, -0.2) is 18.5 Å². The van der Waals surface area contributed by atoms with E-state index in [2.05, 4.69) is 4.98 Å². The van der Waals surface area contributed by atoms with Gasteiger partial charge in [-0.15, -0.1) is 0 Å². The molecule has 1 aliphatic carbocycles. The molecule has 1 saturated heterocycles. The monoisotopic (exact) mass is 574 g/mol. The van der Waals surface area contributed by atoms with Crippen LogP contribution < -0.4 is 10.6 Å². The number of nitrogens with one attached hydrogen (secondary N) is 1.